The van der Waals surface area contributed by atoms with Crippen LogP contribution in [0.25, 0.3) is 16.7 Å². The van der Waals surface area contributed by atoms with Gasteiger partial charge < -0.3 is 19.5 Å². The third-order valence-electron chi connectivity index (χ3n) is 7.10. The van der Waals surface area contributed by atoms with Gasteiger partial charge in [0.1, 0.15) is 28.5 Å². The monoisotopic (exact) mass is 528 g/mol. The molecule has 0 spiro atoms. The molecule has 11 nitrogen and oxygen atoms in total. The van der Waals surface area contributed by atoms with Gasteiger partial charge in [0, 0.05) is 30.8 Å². The van der Waals surface area contributed by atoms with Gasteiger partial charge in [-0.05, 0) is 32.1 Å². The summed E-state index contributed by atoms with van der Waals surface area (Å²) in [5.41, 5.74) is 2.81. The predicted molar refractivity (Wildman–Crippen MR) is 144 cm³/mol. The number of hydrogen-bond acceptors (Lipinski definition) is 8. The molecule has 5 aromatic heterocycles. The van der Waals surface area contributed by atoms with E-state index in [-0.39, 0.29) is 16.7 Å². The quantitative estimate of drug-likeness (QED) is 0.354. The van der Waals surface area contributed by atoms with Crippen LogP contribution in [0.4, 0.5) is 16.2 Å². The van der Waals surface area contributed by atoms with Crippen LogP contribution in [0.5, 0.6) is 11.5 Å². The Hall–Kier alpha value is -4.50. The number of ether oxygens (including phenoxy) is 1. The maximum Gasteiger partial charge on any atom is 0.210 e. The van der Waals surface area contributed by atoms with Crippen molar-refractivity contribution in [3.8, 4) is 17.6 Å². The molecule has 12 heteroatoms. The average molecular weight is 529 g/mol. The first-order valence-electron chi connectivity index (χ1n) is 12.7. The SMILES string of the molecule is CN1CC[C@@H](n2nc(Nc3nc4ncc(Oc5cnn6cc(F)ccc56)c(C#N)c4n3C)cc2C(C)(C)C)C1. The number of anilines is 2. The normalized spacial score (nSPS) is 16.3. The first kappa shape index (κ1) is 24.8. The number of likely N-dealkylation sites (tertiary alicyclic amines) is 1. The molecule has 1 fully saturated rings. The fourth-order valence-electron chi connectivity index (χ4n) is 5.10. The molecule has 1 aliphatic rings. The summed E-state index contributed by atoms with van der Waals surface area (Å²) >= 11 is 0. The van der Waals surface area contributed by atoms with E-state index < -0.39 is 5.82 Å². The maximum absolute atomic E-state index is 13.6. The minimum absolute atomic E-state index is 0.0912. The highest BCUT2D eigenvalue weighted by molar-refractivity contribution is 5.84. The molecule has 6 rings (SSSR count). The first-order chi connectivity index (χ1) is 18.6. The summed E-state index contributed by atoms with van der Waals surface area (Å²) in [4.78, 5) is 11.4. The summed E-state index contributed by atoms with van der Waals surface area (Å²) in [6.45, 7) is 8.55. The highest BCUT2D eigenvalue weighted by Gasteiger charge is 2.29. The molecule has 1 aliphatic heterocycles. The largest absolute Gasteiger partial charge is 0.450 e. The number of imidazole rings is 1. The van der Waals surface area contributed by atoms with E-state index >= 15 is 0 Å². The third-order valence-corrected chi connectivity index (χ3v) is 7.10. The number of pyridine rings is 2. The van der Waals surface area contributed by atoms with Crippen molar-refractivity contribution in [3.63, 3.8) is 0 Å². The molecule has 0 aliphatic carbocycles. The maximum atomic E-state index is 13.6. The molecule has 200 valence electrons. The van der Waals surface area contributed by atoms with Crippen LogP contribution >= 0.6 is 0 Å². The van der Waals surface area contributed by atoms with Gasteiger partial charge >= 0.3 is 0 Å². The average Bonchev–Trinajstić information content (AvgIpc) is 3.66. The van der Waals surface area contributed by atoms with Crippen molar-refractivity contribution in [2.24, 2.45) is 7.05 Å². The predicted octanol–water partition coefficient (Wildman–Crippen LogP) is 4.53. The molecule has 6 heterocycles. The lowest BCUT2D eigenvalue weighted by Crippen LogP contribution is -2.24. The van der Waals surface area contributed by atoms with Crippen molar-refractivity contribution in [3.05, 3.63) is 53.9 Å². The second-order valence-electron chi connectivity index (χ2n) is 11.0. The zero-order valence-electron chi connectivity index (χ0n) is 22.5. The van der Waals surface area contributed by atoms with E-state index in [0.717, 1.165) is 25.2 Å². The lowest BCUT2D eigenvalue weighted by atomic mass is 9.91. The van der Waals surface area contributed by atoms with Crippen molar-refractivity contribution >= 4 is 28.4 Å². The van der Waals surface area contributed by atoms with Gasteiger partial charge in [0.05, 0.1) is 24.6 Å². The van der Waals surface area contributed by atoms with Gasteiger partial charge in [-0.2, -0.15) is 20.4 Å². The molecule has 1 saturated heterocycles. The Morgan fingerprint density at radius 1 is 1.18 bits per heavy atom. The van der Waals surface area contributed by atoms with E-state index in [4.69, 9.17) is 9.84 Å². The smallest absolute Gasteiger partial charge is 0.210 e. The van der Waals surface area contributed by atoms with Crippen LogP contribution in [-0.2, 0) is 12.5 Å². The summed E-state index contributed by atoms with van der Waals surface area (Å²) in [5.74, 6) is 1.41. The van der Waals surface area contributed by atoms with Crippen LogP contribution in [0.2, 0.25) is 0 Å². The molecule has 0 bridgehead atoms. The molecule has 5 aromatic rings. The lowest BCUT2D eigenvalue weighted by Gasteiger charge is -2.23. The van der Waals surface area contributed by atoms with Crippen LogP contribution in [-0.4, -0.2) is 59.0 Å². The topological polar surface area (TPSA) is 114 Å². The third kappa shape index (κ3) is 4.34. The van der Waals surface area contributed by atoms with Crippen molar-refractivity contribution in [1.29, 1.82) is 5.26 Å². The summed E-state index contributed by atoms with van der Waals surface area (Å²) in [6.07, 6.45) is 5.24. The Bertz CT molecular complexity index is 1750. The number of aryl methyl sites for hydroxylation is 1. The fourth-order valence-corrected chi connectivity index (χ4v) is 5.10. The van der Waals surface area contributed by atoms with E-state index in [1.807, 2.05) is 7.05 Å². The number of likely N-dealkylation sites (N-methyl/N-ethyl adjacent to an activating group) is 1. The zero-order chi connectivity index (χ0) is 27.5. The van der Waals surface area contributed by atoms with E-state index in [2.05, 4.69) is 69.9 Å². The van der Waals surface area contributed by atoms with Gasteiger partial charge in [-0.25, -0.2) is 13.9 Å². The lowest BCUT2D eigenvalue weighted by molar-refractivity contribution is 0.366. The number of hydrogen-bond donors (Lipinski definition) is 1. The molecule has 0 saturated carbocycles. The Morgan fingerprint density at radius 3 is 2.72 bits per heavy atom. The van der Waals surface area contributed by atoms with Crippen molar-refractivity contribution < 1.29 is 9.13 Å². The molecule has 39 heavy (non-hydrogen) atoms. The number of nitrogens with one attached hydrogen (secondary N) is 1. The zero-order valence-corrected chi connectivity index (χ0v) is 22.5. The van der Waals surface area contributed by atoms with E-state index in [1.165, 1.54) is 29.2 Å². The first-order valence-corrected chi connectivity index (χ1v) is 12.7. The van der Waals surface area contributed by atoms with E-state index in [1.54, 1.807) is 10.6 Å². The standard InChI is InChI=1S/C27H29FN10O/c1-27(2,3)22-10-23(34-38(22)17-8-9-35(4)15-17)32-26-33-25-24(36(26)5)18(11-29)20(12-30-25)39-21-13-31-37-14-16(28)6-7-19(21)37/h6-7,10,12-14,17H,8-9,15H2,1-5H3,(H,30,32,33,34)/t17-/m1/s1. The van der Waals surface area contributed by atoms with Gasteiger partial charge in [0.15, 0.2) is 23.0 Å². The minimum Gasteiger partial charge on any atom is -0.450 e. The second kappa shape index (κ2) is 9.06. The Kier molecular flexibility index (Phi) is 5.76. The van der Waals surface area contributed by atoms with Gasteiger partial charge in [-0.3, -0.25) is 4.68 Å². The van der Waals surface area contributed by atoms with Crippen molar-refractivity contribution in [2.75, 3.05) is 25.5 Å². The number of nitriles is 1. The van der Waals surface area contributed by atoms with E-state index in [0.29, 0.717) is 40.2 Å². The number of halogens is 1. The Balaban J connectivity index is 1.36. The molecule has 1 N–H and O–H groups in total. The Labute approximate surface area is 224 Å². The molecule has 0 aromatic carbocycles. The van der Waals surface area contributed by atoms with Crippen LogP contribution < -0.4 is 10.1 Å². The number of aromatic nitrogens is 7. The van der Waals surface area contributed by atoms with Gasteiger partial charge in [0.2, 0.25) is 5.95 Å². The van der Waals surface area contributed by atoms with Gasteiger partial charge in [-0.15, -0.1) is 0 Å². The summed E-state index contributed by atoms with van der Waals surface area (Å²) in [7, 11) is 3.95. The molecule has 0 amide bonds. The molecular weight excluding hydrogens is 499 g/mol. The summed E-state index contributed by atoms with van der Waals surface area (Å²) in [6, 6.07) is 7.50. The van der Waals surface area contributed by atoms with Crippen LogP contribution in [0.3, 0.4) is 0 Å². The highest BCUT2D eigenvalue weighted by Crippen LogP contribution is 2.35. The van der Waals surface area contributed by atoms with Crippen molar-refractivity contribution in [2.45, 2.75) is 38.6 Å². The van der Waals surface area contributed by atoms with Gasteiger partial charge in [0.25, 0.3) is 0 Å². The molecular formula is C27H29FN10O. The summed E-state index contributed by atoms with van der Waals surface area (Å²) in [5, 5.41) is 22.5. The number of rotatable bonds is 5. The summed E-state index contributed by atoms with van der Waals surface area (Å²) < 4.78 is 24.9. The molecule has 1 atom stereocenters. The second-order valence-corrected chi connectivity index (χ2v) is 11.0. The number of fused-ring (bicyclic) bond motifs is 2. The Morgan fingerprint density at radius 2 is 2.00 bits per heavy atom. The minimum atomic E-state index is -0.414. The van der Waals surface area contributed by atoms with E-state index in [9.17, 15) is 9.65 Å². The fraction of sp³-hybridized carbons (Fsp3) is 0.370. The molecule has 0 radical (unpaired) electrons. The molecule has 0 unspecified atom stereocenters. The number of nitrogens with zero attached hydrogens (tertiary/aromatic N) is 9. The van der Waals surface area contributed by atoms with Crippen LogP contribution in [0.1, 0.15) is 44.5 Å². The van der Waals surface area contributed by atoms with Gasteiger partial charge in [-0.1, -0.05) is 20.8 Å². The van der Waals surface area contributed by atoms with Crippen molar-refractivity contribution in [1.82, 2.24) is 38.8 Å². The highest BCUT2D eigenvalue weighted by atomic mass is 19.1. The van der Waals surface area contributed by atoms with Crippen LogP contribution in [0.15, 0.2) is 36.8 Å². The van der Waals surface area contributed by atoms with Crippen LogP contribution in [0, 0.1) is 17.1 Å².